The molecule has 0 radical (unpaired) electrons. The van der Waals surface area contributed by atoms with Crippen molar-refractivity contribution in [3.05, 3.63) is 29.6 Å². The van der Waals surface area contributed by atoms with Crippen LogP contribution in [0, 0.1) is 6.92 Å². The lowest BCUT2D eigenvalue weighted by Gasteiger charge is -2.36. The number of aromatic nitrogens is 1. The van der Waals surface area contributed by atoms with Crippen LogP contribution < -0.4 is 5.32 Å². The first-order valence-corrected chi connectivity index (χ1v) is 7.71. The minimum atomic E-state index is 0.704. The van der Waals surface area contributed by atoms with E-state index < -0.39 is 0 Å². The van der Waals surface area contributed by atoms with Gasteiger partial charge >= 0.3 is 0 Å². The molecule has 0 bridgehead atoms. The Bertz CT molecular complexity index is 414. The van der Waals surface area contributed by atoms with Gasteiger partial charge in [0.15, 0.2) is 0 Å². The van der Waals surface area contributed by atoms with Crippen LogP contribution in [0.25, 0.3) is 0 Å². The van der Waals surface area contributed by atoms with Crippen LogP contribution in [0.1, 0.15) is 43.4 Å². The van der Waals surface area contributed by atoms with Crippen molar-refractivity contribution in [2.45, 2.75) is 57.7 Å². The summed E-state index contributed by atoms with van der Waals surface area (Å²) in [5.74, 6) is 0. The number of rotatable bonds is 5. The number of hydrogen-bond donors (Lipinski definition) is 1. The fourth-order valence-corrected chi connectivity index (χ4v) is 2.97. The predicted octanol–water partition coefficient (Wildman–Crippen LogP) is 2.50. The van der Waals surface area contributed by atoms with Crippen molar-refractivity contribution in [1.82, 2.24) is 15.2 Å². The maximum Gasteiger partial charge on any atom is 0.0573 e. The van der Waals surface area contributed by atoms with Crippen molar-refractivity contribution >= 4 is 0 Å². The zero-order valence-electron chi connectivity index (χ0n) is 11.9. The zero-order valence-corrected chi connectivity index (χ0v) is 11.9. The lowest BCUT2D eigenvalue weighted by atomic mass is 10.0. The molecule has 0 amide bonds. The van der Waals surface area contributed by atoms with Crippen molar-refractivity contribution in [2.75, 3.05) is 13.1 Å². The molecule has 0 spiro atoms. The highest BCUT2D eigenvalue weighted by molar-refractivity contribution is 5.17. The molecular weight excluding hydrogens is 234 g/mol. The molecule has 1 aromatic rings. The molecule has 104 valence electrons. The van der Waals surface area contributed by atoms with Crippen LogP contribution in [-0.2, 0) is 6.54 Å². The molecule has 1 aromatic heterocycles. The minimum absolute atomic E-state index is 0.704. The van der Waals surface area contributed by atoms with Gasteiger partial charge in [-0.3, -0.25) is 9.88 Å². The molecule has 0 aromatic carbocycles. The topological polar surface area (TPSA) is 28.2 Å². The Morgan fingerprint density at radius 2 is 2.21 bits per heavy atom. The van der Waals surface area contributed by atoms with E-state index in [2.05, 4.69) is 28.2 Å². The van der Waals surface area contributed by atoms with E-state index in [0.717, 1.165) is 19.1 Å². The third-order valence-electron chi connectivity index (χ3n) is 4.44. The quantitative estimate of drug-likeness (QED) is 0.880. The summed E-state index contributed by atoms with van der Waals surface area (Å²) in [5.41, 5.74) is 2.57. The van der Waals surface area contributed by atoms with Gasteiger partial charge in [0.1, 0.15) is 0 Å². The Labute approximate surface area is 116 Å². The summed E-state index contributed by atoms with van der Waals surface area (Å²) in [6.07, 6.45) is 8.74. The molecule has 1 N–H and O–H groups in total. The average molecular weight is 259 g/mol. The number of piperidine rings is 1. The Morgan fingerprint density at radius 3 is 3.00 bits per heavy atom. The number of hydrogen-bond acceptors (Lipinski definition) is 3. The third kappa shape index (κ3) is 3.54. The smallest absolute Gasteiger partial charge is 0.0573 e. The molecule has 3 heteroatoms. The van der Waals surface area contributed by atoms with Crippen LogP contribution in [0.5, 0.6) is 0 Å². The van der Waals surface area contributed by atoms with Gasteiger partial charge in [0.05, 0.1) is 5.69 Å². The molecule has 2 aliphatic rings. The Hall–Kier alpha value is -0.930. The van der Waals surface area contributed by atoms with E-state index in [9.17, 15) is 0 Å². The van der Waals surface area contributed by atoms with E-state index in [1.54, 1.807) is 0 Å². The molecule has 1 atom stereocenters. The predicted molar refractivity (Wildman–Crippen MR) is 78.0 cm³/mol. The molecule has 2 fully saturated rings. The molecule has 1 unspecified atom stereocenters. The first-order valence-electron chi connectivity index (χ1n) is 7.71. The standard InChI is InChI=1S/C16H25N3/c1-13-5-4-9-17-16(13)12-19-10-3-2-6-15(19)11-18-14-7-8-14/h4-5,9,14-15,18H,2-3,6-8,10-12H2,1H3. The summed E-state index contributed by atoms with van der Waals surface area (Å²) in [4.78, 5) is 7.19. The summed E-state index contributed by atoms with van der Waals surface area (Å²) < 4.78 is 0. The number of aryl methyl sites for hydroxylation is 1. The van der Waals surface area contributed by atoms with Gasteiger partial charge in [0, 0.05) is 31.4 Å². The van der Waals surface area contributed by atoms with Crippen LogP contribution in [0.3, 0.4) is 0 Å². The first-order chi connectivity index (χ1) is 9.33. The Morgan fingerprint density at radius 1 is 1.32 bits per heavy atom. The number of likely N-dealkylation sites (tertiary alicyclic amines) is 1. The first kappa shape index (κ1) is 13.1. The SMILES string of the molecule is Cc1cccnc1CN1CCCCC1CNC1CC1. The van der Waals surface area contributed by atoms with Gasteiger partial charge in [0.2, 0.25) is 0 Å². The Balaban J connectivity index is 1.60. The lowest BCUT2D eigenvalue weighted by Crippen LogP contribution is -2.45. The van der Waals surface area contributed by atoms with E-state index in [1.807, 2.05) is 12.3 Å². The van der Waals surface area contributed by atoms with Crippen LogP contribution in [-0.4, -0.2) is 35.1 Å². The molecule has 3 rings (SSSR count). The van der Waals surface area contributed by atoms with E-state index in [0.29, 0.717) is 6.04 Å². The average Bonchev–Trinajstić information content (AvgIpc) is 3.24. The molecule has 1 aliphatic heterocycles. The maximum atomic E-state index is 4.55. The second-order valence-corrected chi connectivity index (χ2v) is 6.07. The molecule has 2 heterocycles. The fraction of sp³-hybridized carbons (Fsp3) is 0.688. The molecule has 3 nitrogen and oxygen atoms in total. The minimum Gasteiger partial charge on any atom is -0.312 e. The second kappa shape index (κ2) is 6.02. The van der Waals surface area contributed by atoms with Crippen molar-refractivity contribution < 1.29 is 0 Å². The highest BCUT2D eigenvalue weighted by Gasteiger charge is 2.26. The fourth-order valence-electron chi connectivity index (χ4n) is 2.97. The van der Waals surface area contributed by atoms with Gasteiger partial charge in [-0.05, 0) is 50.8 Å². The molecule has 1 saturated carbocycles. The van der Waals surface area contributed by atoms with Crippen LogP contribution in [0.2, 0.25) is 0 Å². The van der Waals surface area contributed by atoms with E-state index in [1.165, 1.54) is 49.9 Å². The van der Waals surface area contributed by atoms with E-state index in [-0.39, 0.29) is 0 Å². The number of nitrogens with zero attached hydrogens (tertiary/aromatic N) is 2. The van der Waals surface area contributed by atoms with Gasteiger partial charge in [-0.2, -0.15) is 0 Å². The summed E-state index contributed by atoms with van der Waals surface area (Å²) in [7, 11) is 0. The number of nitrogens with one attached hydrogen (secondary N) is 1. The van der Waals surface area contributed by atoms with Gasteiger partial charge in [0.25, 0.3) is 0 Å². The van der Waals surface area contributed by atoms with Crippen LogP contribution in [0.4, 0.5) is 0 Å². The van der Waals surface area contributed by atoms with Crippen molar-refractivity contribution in [3.63, 3.8) is 0 Å². The second-order valence-electron chi connectivity index (χ2n) is 6.07. The highest BCUT2D eigenvalue weighted by Crippen LogP contribution is 2.22. The van der Waals surface area contributed by atoms with Crippen LogP contribution >= 0.6 is 0 Å². The normalized spacial score (nSPS) is 24.6. The number of pyridine rings is 1. The largest absolute Gasteiger partial charge is 0.312 e. The van der Waals surface area contributed by atoms with Gasteiger partial charge in [-0.1, -0.05) is 12.5 Å². The van der Waals surface area contributed by atoms with Crippen molar-refractivity contribution in [1.29, 1.82) is 0 Å². The molecule has 1 aliphatic carbocycles. The lowest BCUT2D eigenvalue weighted by molar-refractivity contribution is 0.135. The van der Waals surface area contributed by atoms with Gasteiger partial charge < -0.3 is 5.32 Å². The monoisotopic (exact) mass is 259 g/mol. The summed E-state index contributed by atoms with van der Waals surface area (Å²) in [5, 5.41) is 3.69. The van der Waals surface area contributed by atoms with Gasteiger partial charge in [-0.15, -0.1) is 0 Å². The van der Waals surface area contributed by atoms with E-state index in [4.69, 9.17) is 0 Å². The summed E-state index contributed by atoms with van der Waals surface area (Å²) in [6, 6.07) is 5.72. The summed E-state index contributed by atoms with van der Waals surface area (Å²) in [6.45, 7) is 5.58. The molecule has 1 saturated heterocycles. The highest BCUT2D eigenvalue weighted by atomic mass is 15.2. The van der Waals surface area contributed by atoms with Crippen molar-refractivity contribution in [3.8, 4) is 0 Å². The molecular formula is C16H25N3. The third-order valence-corrected chi connectivity index (χ3v) is 4.44. The maximum absolute atomic E-state index is 4.55. The zero-order chi connectivity index (χ0) is 13.1. The van der Waals surface area contributed by atoms with Crippen molar-refractivity contribution in [2.24, 2.45) is 0 Å². The summed E-state index contributed by atoms with van der Waals surface area (Å²) >= 11 is 0. The molecule has 19 heavy (non-hydrogen) atoms. The van der Waals surface area contributed by atoms with Crippen LogP contribution in [0.15, 0.2) is 18.3 Å². The van der Waals surface area contributed by atoms with E-state index >= 15 is 0 Å². The van der Waals surface area contributed by atoms with Gasteiger partial charge in [-0.25, -0.2) is 0 Å². The Kier molecular flexibility index (Phi) is 4.14.